The summed E-state index contributed by atoms with van der Waals surface area (Å²) in [7, 11) is 0. The number of fused-ring (bicyclic) bond motifs is 1. The molecule has 4 aromatic rings. The van der Waals surface area contributed by atoms with E-state index in [1.807, 2.05) is 18.2 Å². The fourth-order valence-electron chi connectivity index (χ4n) is 2.61. The Hall–Kier alpha value is -3.86. The number of carbonyl (C=O) groups is 1. The Kier molecular flexibility index (Phi) is 4.41. The zero-order valence-electron chi connectivity index (χ0n) is 14.1. The van der Waals surface area contributed by atoms with Gasteiger partial charge in [0.05, 0.1) is 0 Å². The average Bonchev–Trinajstić information content (AvgIpc) is 2.69. The van der Waals surface area contributed by atoms with Crippen LogP contribution < -0.4 is 15.1 Å². The molecule has 0 bridgehead atoms. The molecule has 0 saturated heterocycles. The summed E-state index contributed by atoms with van der Waals surface area (Å²) in [5.74, 6) is 0.710. The number of rotatable bonds is 4. The number of para-hydroxylation sites is 2. The van der Waals surface area contributed by atoms with Crippen LogP contribution in [0.1, 0.15) is 10.4 Å². The summed E-state index contributed by atoms with van der Waals surface area (Å²) in [6, 6.07) is 23.9. The van der Waals surface area contributed by atoms with Gasteiger partial charge >= 0.3 is 11.6 Å². The Balaban J connectivity index is 1.61. The van der Waals surface area contributed by atoms with Crippen molar-refractivity contribution < 1.29 is 18.7 Å². The molecule has 0 aliphatic heterocycles. The third-order valence-electron chi connectivity index (χ3n) is 3.88. The Labute approximate surface area is 154 Å². The fourth-order valence-corrected chi connectivity index (χ4v) is 2.61. The minimum absolute atomic E-state index is 0.274. The third kappa shape index (κ3) is 3.72. The first-order valence-corrected chi connectivity index (χ1v) is 8.27. The summed E-state index contributed by atoms with van der Waals surface area (Å²) in [5.41, 5.74) is 0.171. The van der Waals surface area contributed by atoms with E-state index in [0.29, 0.717) is 17.1 Å². The molecule has 132 valence electrons. The van der Waals surface area contributed by atoms with Crippen LogP contribution in [0, 0.1) is 0 Å². The van der Waals surface area contributed by atoms with Crippen molar-refractivity contribution in [1.82, 2.24) is 0 Å². The van der Waals surface area contributed by atoms with Gasteiger partial charge in [0.25, 0.3) is 0 Å². The molecule has 0 aliphatic rings. The standard InChI is InChI=1S/C22H14O5/c23-21-13-11-15-10-12-17(14-20(15)27-21)26-22(24)18-8-4-5-9-19(18)25-16-6-2-1-3-7-16/h1-14H. The molecule has 0 fully saturated rings. The molecule has 0 amide bonds. The van der Waals surface area contributed by atoms with E-state index in [4.69, 9.17) is 13.9 Å². The topological polar surface area (TPSA) is 65.7 Å². The lowest BCUT2D eigenvalue weighted by atomic mass is 10.2. The van der Waals surface area contributed by atoms with Gasteiger partial charge in [-0.25, -0.2) is 9.59 Å². The van der Waals surface area contributed by atoms with Crippen molar-refractivity contribution in [2.24, 2.45) is 0 Å². The highest BCUT2D eigenvalue weighted by atomic mass is 16.5. The summed E-state index contributed by atoms with van der Waals surface area (Å²) in [6.07, 6.45) is 0. The monoisotopic (exact) mass is 358 g/mol. The molecule has 27 heavy (non-hydrogen) atoms. The SMILES string of the molecule is O=C(Oc1ccc2ccc(=O)oc2c1)c1ccccc1Oc1ccccc1. The minimum atomic E-state index is -0.570. The molecule has 5 heteroatoms. The van der Waals surface area contributed by atoms with Crippen molar-refractivity contribution in [3.8, 4) is 17.2 Å². The molecule has 1 heterocycles. The van der Waals surface area contributed by atoms with E-state index in [-0.39, 0.29) is 11.3 Å². The number of carbonyl (C=O) groups excluding carboxylic acids is 1. The van der Waals surface area contributed by atoms with Gasteiger partial charge in [0.2, 0.25) is 0 Å². The predicted octanol–water partition coefficient (Wildman–Crippen LogP) is 4.80. The van der Waals surface area contributed by atoms with Crippen molar-refractivity contribution in [1.29, 1.82) is 0 Å². The Bertz CT molecular complexity index is 1160. The predicted molar refractivity (Wildman–Crippen MR) is 100 cm³/mol. The molecule has 0 radical (unpaired) electrons. The van der Waals surface area contributed by atoms with E-state index in [1.165, 1.54) is 12.1 Å². The largest absolute Gasteiger partial charge is 0.456 e. The number of hydrogen-bond donors (Lipinski definition) is 0. The van der Waals surface area contributed by atoms with Gasteiger partial charge in [-0.1, -0.05) is 30.3 Å². The second-order valence-corrected chi connectivity index (χ2v) is 5.75. The van der Waals surface area contributed by atoms with Crippen LogP contribution in [0.5, 0.6) is 17.2 Å². The first-order valence-electron chi connectivity index (χ1n) is 8.27. The van der Waals surface area contributed by atoms with Crippen LogP contribution in [0.3, 0.4) is 0 Å². The van der Waals surface area contributed by atoms with E-state index in [0.717, 1.165) is 5.39 Å². The van der Waals surface area contributed by atoms with Gasteiger partial charge in [0.1, 0.15) is 28.4 Å². The lowest BCUT2D eigenvalue weighted by Crippen LogP contribution is -2.10. The van der Waals surface area contributed by atoms with Crippen molar-refractivity contribution in [2.45, 2.75) is 0 Å². The highest BCUT2D eigenvalue weighted by Gasteiger charge is 2.15. The van der Waals surface area contributed by atoms with Crippen LogP contribution in [-0.2, 0) is 0 Å². The molecule has 5 nitrogen and oxygen atoms in total. The Morgan fingerprint density at radius 1 is 0.778 bits per heavy atom. The van der Waals surface area contributed by atoms with Gasteiger partial charge in [0.15, 0.2) is 0 Å². The van der Waals surface area contributed by atoms with E-state index < -0.39 is 11.6 Å². The van der Waals surface area contributed by atoms with Gasteiger partial charge in [-0.15, -0.1) is 0 Å². The average molecular weight is 358 g/mol. The normalized spacial score (nSPS) is 10.5. The molecular weight excluding hydrogens is 344 g/mol. The highest BCUT2D eigenvalue weighted by Crippen LogP contribution is 2.27. The van der Waals surface area contributed by atoms with Gasteiger partial charge < -0.3 is 13.9 Å². The third-order valence-corrected chi connectivity index (χ3v) is 3.88. The van der Waals surface area contributed by atoms with Crippen molar-refractivity contribution >= 4 is 16.9 Å². The van der Waals surface area contributed by atoms with Gasteiger partial charge in [0, 0.05) is 17.5 Å². The number of hydrogen-bond acceptors (Lipinski definition) is 5. The molecule has 0 spiro atoms. The van der Waals surface area contributed by atoms with Crippen LogP contribution in [0.4, 0.5) is 0 Å². The zero-order chi connectivity index (χ0) is 18.6. The lowest BCUT2D eigenvalue weighted by Gasteiger charge is -2.11. The summed E-state index contributed by atoms with van der Waals surface area (Å²) >= 11 is 0. The summed E-state index contributed by atoms with van der Waals surface area (Å²) in [4.78, 5) is 24.0. The molecule has 0 saturated carbocycles. The minimum Gasteiger partial charge on any atom is -0.456 e. The second kappa shape index (κ2) is 7.17. The molecule has 3 aromatic carbocycles. The van der Waals surface area contributed by atoms with Gasteiger partial charge in [-0.3, -0.25) is 0 Å². The summed E-state index contributed by atoms with van der Waals surface area (Å²) in [5, 5.41) is 0.738. The maximum atomic E-state index is 12.6. The number of benzene rings is 3. The fraction of sp³-hybridized carbons (Fsp3) is 0. The van der Waals surface area contributed by atoms with Crippen LogP contribution in [0.2, 0.25) is 0 Å². The quantitative estimate of drug-likeness (QED) is 0.298. The molecule has 0 N–H and O–H groups in total. The zero-order valence-corrected chi connectivity index (χ0v) is 14.1. The van der Waals surface area contributed by atoms with Crippen LogP contribution in [-0.4, -0.2) is 5.97 Å². The molecule has 1 aromatic heterocycles. The maximum absolute atomic E-state index is 12.6. The molecule has 4 rings (SSSR count). The van der Waals surface area contributed by atoms with E-state index in [9.17, 15) is 9.59 Å². The van der Waals surface area contributed by atoms with E-state index in [1.54, 1.807) is 54.6 Å². The summed E-state index contributed by atoms with van der Waals surface area (Å²) in [6.45, 7) is 0. The van der Waals surface area contributed by atoms with Crippen LogP contribution >= 0.6 is 0 Å². The lowest BCUT2D eigenvalue weighted by molar-refractivity contribution is 0.0732. The molecule has 0 aliphatic carbocycles. The second-order valence-electron chi connectivity index (χ2n) is 5.75. The van der Waals surface area contributed by atoms with Crippen molar-refractivity contribution in [2.75, 3.05) is 0 Å². The molecule has 0 unspecified atom stereocenters. The van der Waals surface area contributed by atoms with Gasteiger partial charge in [-0.2, -0.15) is 0 Å². The Morgan fingerprint density at radius 3 is 2.37 bits per heavy atom. The van der Waals surface area contributed by atoms with E-state index >= 15 is 0 Å². The summed E-state index contributed by atoms with van der Waals surface area (Å²) < 4.78 is 16.4. The molecule has 0 atom stereocenters. The smallest absolute Gasteiger partial charge is 0.347 e. The first kappa shape index (κ1) is 16.6. The van der Waals surface area contributed by atoms with Crippen molar-refractivity contribution in [3.63, 3.8) is 0 Å². The first-order chi connectivity index (χ1) is 13.2. The Morgan fingerprint density at radius 2 is 1.52 bits per heavy atom. The van der Waals surface area contributed by atoms with E-state index in [2.05, 4.69) is 0 Å². The van der Waals surface area contributed by atoms with Gasteiger partial charge in [-0.05, 0) is 42.5 Å². The highest BCUT2D eigenvalue weighted by molar-refractivity contribution is 5.94. The maximum Gasteiger partial charge on any atom is 0.347 e. The number of ether oxygens (including phenoxy) is 2. The van der Waals surface area contributed by atoms with Crippen LogP contribution in [0.25, 0.3) is 11.0 Å². The molecular formula is C22H14O5. The van der Waals surface area contributed by atoms with Crippen molar-refractivity contribution in [3.05, 3.63) is 101 Å². The number of esters is 1. The van der Waals surface area contributed by atoms with Crippen LogP contribution in [0.15, 0.2) is 94.1 Å².